The molecule has 17 nitrogen and oxygen atoms in total. The SMILES string of the molecule is CCC1CC(C(=O)NCCN)C[C@@H](O[C@@H]2OC(CO)[C@H](O)C(O[C@@H](CC3CCCCC3)C(=O)N3CCC3)C2NC(C)=O)C1OC1O[C@@H](C)C(O)C(O)[C@@H]1O. The molecule has 3 heterocycles. The average molecular weight is 773 g/mol. The van der Waals surface area contributed by atoms with Crippen LogP contribution in [0.15, 0.2) is 0 Å². The molecule has 0 spiro atoms. The van der Waals surface area contributed by atoms with Crippen LogP contribution in [0, 0.1) is 17.8 Å². The van der Waals surface area contributed by atoms with Crippen molar-refractivity contribution in [3.63, 3.8) is 0 Å². The zero-order valence-corrected chi connectivity index (χ0v) is 31.9. The lowest BCUT2D eigenvalue weighted by Crippen LogP contribution is -2.67. The summed E-state index contributed by atoms with van der Waals surface area (Å²) in [5.74, 6) is -1.56. The number of ether oxygens (including phenoxy) is 5. The quantitative estimate of drug-likeness (QED) is 0.0958. The fourth-order valence-corrected chi connectivity index (χ4v) is 8.66. The first-order chi connectivity index (χ1) is 25.9. The molecule has 0 bridgehead atoms. The number of likely N-dealkylation sites (tertiary alicyclic amines) is 1. The lowest BCUT2D eigenvalue weighted by molar-refractivity contribution is -0.338. The summed E-state index contributed by atoms with van der Waals surface area (Å²) in [6.45, 7) is 5.85. The Labute approximate surface area is 317 Å². The molecule has 9 N–H and O–H groups in total. The Balaban J connectivity index is 1.46. The molecule has 54 heavy (non-hydrogen) atoms. The van der Waals surface area contributed by atoms with Gasteiger partial charge in [0.1, 0.15) is 48.8 Å². The van der Waals surface area contributed by atoms with Gasteiger partial charge in [0.2, 0.25) is 11.8 Å². The van der Waals surface area contributed by atoms with Gasteiger partial charge in [0.15, 0.2) is 12.6 Å². The molecule has 0 radical (unpaired) electrons. The second-order valence-electron chi connectivity index (χ2n) is 15.8. The minimum Gasteiger partial charge on any atom is -0.394 e. The van der Waals surface area contributed by atoms with Crippen molar-refractivity contribution in [3.05, 3.63) is 0 Å². The first-order valence-corrected chi connectivity index (χ1v) is 20.0. The average Bonchev–Trinajstić information content (AvgIpc) is 3.13. The summed E-state index contributed by atoms with van der Waals surface area (Å²) in [5.41, 5.74) is 5.66. The topological polar surface area (TPSA) is 252 Å². The number of carbonyl (C=O) groups is 3. The third-order valence-corrected chi connectivity index (χ3v) is 11.9. The predicted molar refractivity (Wildman–Crippen MR) is 191 cm³/mol. The number of aliphatic hydroxyl groups excluding tert-OH is 5. The summed E-state index contributed by atoms with van der Waals surface area (Å²) in [6, 6.07) is -1.17. The number of nitrogens with two attached hydrogens (primary N) is 1. The largest absolute Gasteiger partial charge is 0.394 e. The van der Waals surface area contributed by atoms with Crippen molar-refractivity contribution in [3.8, 4) is 0 Å². The number of aliphatic hydroxyl groups is 5. The summed E-state index contributed by atoms with van der Waals surface area (Å²) in [7, 11) is 0. The summed E-state index contributed by atoms with van der Waals surface area (Å²) >= 11 is 0. The lowest BCUT2D eigenvalue weighted by atomic mass is 9.75. The molecule has 5 aliphatic rings. The van der Waals surface area contributed by atoms with E-state index in [9.17, 15) is 39.9 Å². The molecule has 3 amide bonds. The minimum atomic E-state index is -1.60. The highest BCUT2D eigenvalue weighted by Gasteiger charge is 2.53. The standard InChI is InChI=1S/C37H64N4O13/c1-4-22-16-23(34(48)39-12-11-38)17-24(32(22)54-37-31(47)30(46)28(44)19(2)50-37)52-36-27(40-20(3)43)33(29(45)26(18-42)53-36)51-25(35(49)41-13-8-14-41)15-21-9-6-5-7-10-21/h19,21-33,36-37,42,44-47H,4-18,38H2,1-3H3,(H,39,48)(H,40,43)/t19-,22?,23?,24+,25-,26?,27?,28?,29-,30?,31-,32?,33?,36+,37?/m0/s1. The number of nitrogens with one attached hydrogen (secondary N) is 2. The Morgan fingerprint density at radius 3 is 2.24 bits per heavy atom. The Bertz CT molecular complexity index is 1220. The van der Waals surface area contributed by atoms with Gasteiger partial charge in [0, 0.05) is 39.0 Å². The zero-order chi connectivity index (χ0) is 39.1. The minimum absolute atomic E-state index is 0.101. The molecule has 0 aromatic rings. The third-order valence-electron chi connectivity index (χ3n) is 11.9. The summed E-state index contributed by atoms with van der Waals surface area (Å²) in [4.78, 5) is 41.7. The summed E-state index contributed by atoms with van der Waals surface area (Å²) in [6.07, 6.45) is -7.25. The maximum Gasteiger partial charge on any atom is 0.251 e. The molecule has 3 aliphatic heterocycles. The Kier molecular flexibility index (Phi) is 15.9. The van der Waals surface area contributed by atoms with E-state index in [4.69, 9.17) is 29.4 Å². The van der Waals surface area contributed by atoms with Gasteiger partial charge in [-0.05, 0) is 44.4 Å². The van der Waals surface area contributed by atoms with Crippen molar-refractivity contribution in [1.29, 1.82) is 0 Å². The smallest absolute Gasteiger partial charge is 0.251 e. The number of amides is 3. The van der Waals surface area contributed by atoms with Gasteiger partial charge in [-0.25, -0.2) is 0 Å². The van der Waals surface area contributed by atoms with Crippen molar-refractivity contribution in [2.75, 3.05) is 32.8 Å². The van der Waals surface area contributed by atoms with E-state index in [-0.39, 0.29) is 43.2 Å². The normalized spacial score (nSPS) is 39.7. The number of carbonyl (C=O) groups excluding carboxylic acids is 3. The van der Waals surface area contributed by atoms with Crippen LogP contribution in [0.4, 0.5) is 0 Å². The van der Waals surface area contributed by atoms with Crippen LogP contribution in [-0.4, -0.2) is 161 Å². The van der Waals surface area contributed by atoms with Gasteiger partial charge in [-0.2, -0.15) is 0 Å². The zero-order valence-electron chi connectivity index (χ0n) is 31.9. The van der Waals surface area contributed by atoms with Crippen LogP contribution in [0.3, 0.4) is 0 Å². The molecular formula is C37H64N4O13. The van der Waals surface area contributed by atoms with Gasteiger partial charge < -0.3 is 70.5 Å². The number of nitrogens with zero attached hydrogens (tertiary/aromatic N) is 1. The Morgan fingerprint density at radius 1 is 0.907 bits per heavy atom. The van der Waals surface area contributed by atoms with Gasteiger partial charge >= 0.3 is 0 Å². The van der Waals surface area contributed by atoms with Crippen LogP contribution in [0.2, 0.25) is 0 Å². The van der Waals surface area contributed by atoms with Gasteiger partial charge in [0.25, 0.3) is 5.91 Å². The third kappa shape index (κ3) is 10.3. The monoisotopic (exact) mass is 772 g/mol. The van der Waals surface area contributed by atoms with Crippen LogP contribution in [-0.2, 0) is 38.1 Å². The molecule has 3 saturated heterocycles. The number of hydrogen-bond donors (Lipinski definition) is 8. The van der Waals surface area contributed by atoms with Crippen LogP contribution in [0.5, 0.6) is 0 Å². The number of rotatable bonds is 15. The highest BCUT2D eigenvalue weighted by molar-refractivity contribution is 5.81. The molecule has 2 aliphatic carbocycles. The van der Waals surface area contributed by atoms with Crippen LogP contribution < -0.4 is 16.4 Å². The molecular weight excluding hydrogens is 708 g/mol. The van der Waals surface area contributed by atoms with Crippen molar-refractivity contribution in [2.45, 2.75) is 165 Å². The van der Waals surface area contributed by atoms with E-state index >= 15 is 0 Å². The fourth-order valence-electron chi connectivity index (χ4n) is 8.66. The van der Waals surface area contributed by atoms with E-state index in [2.05, 4.69) is 10.6 Å². The predicted octanol–water partition coefficient (Wildman–Crippen LogP) is -1.37. The highest BCUT2D eigenvalue weighted by Crippen LogP contribution is 2.40. The van der Waals surface area contributed by atoms with Crippen molar-refractivity contribution >= 4 is 17.7 Å². The first kappa shape index (κ1) is 43.1. The molecule has 5 rings (SSSR count). The molecule has 0 aromatic carbocycles. The summed E-state index contributed by atoms with van der Waals surface area (Å²) in [5, 5.41) is 59.4. The van der Waals surface area contributed by atoms with Gasteiger partial charge in [-0.3, -0.25) is 14.4 Å². The second kappa shape index (κ2) is 19.9. The molecule has 0 aromatic heterocycles. The molecule has 2 saturated carbocycles. The van der Waals surface area contributed by atoms with E-state index in [1.54, 1.807) is 11.8 Å². The lowest BCUT2D eigenvalue weighted by Gasteiger charge is -2.49. The molecule has 15 atom stereocenters. The van der Waals surface area contributed by atoms with E-state index in [1.807, 2.05) is 6.92 Å². The van der Waals surface area contributed by atoms with Crippen molar-refractivity contribution in [2.24, 2.45) is 23.5 Å². The van der Waals surface area contributed by atoms with Gasteiger partial charge in [-0.1, -0.05) is 45.4 Å². The Morgan fingerprint density at radius 2 is 1.63 bits per heavy atom. The van der Waals surface area contributed by atoms with E-state index in [0.29, 0.717) is 32.4 Å². The highest BCUT2D eigenvalue weighted by atomic mass is 16.7. The van der Waals surface area contributed by atoms with E-state index in [0.717, 1.165) is 38.5 Å². The van der Waals surface area contributed by atoms with Crippen LogP contribution in [0.1, 0.15) is 85.0 Å². The number of hydrogen-bond acceptors (Lipinski definition) is 14. The fraction of sp³-hybridized carbons (Fsp3) is 0.919. The van der Waals surface area contributed by atoms with E-state index < -0.39 is 98.1 Å². The van der Waals surface area contributed by atoms with E-state index in [1.165, 1.54) is 6.92 Å². The first-order valence-electron chi connectivity index (χ1n) is 20.0. The molecule has 5 fully saturated rings. The van der Waals surface area contributed by atoms with Gasteiger partial charge in [-0.15, -0.1) is 0 Å². The maximum absolute atomic E-state index is 13.8. The van der Waals surface area contributed by atoms with Gasteiger partial charge in [0.05, 0.1) is 24.9 Å². The van der Waals surface area contributed by atoms with Crippen LogP contribution >= 0.6 is 0 Å². The Hall–Kier alpha value is -2.03. The van der Waals surface area contributed by atoms with Crippen LogP contribution in [0.25, 0.3) is 0 Å². The maximum atomic E-state index is 13.8. The molecule has 9 unspecified atom stereocenters. The molecule has 17 heteroatoms. The second-order valence-corrected chi connectivity index (χ2v) is 15.8. The summed E-state index contributed by atoms with van der Waals surface area (Å²) < 4.78 is 31.7. The van der Waals surface area contributed by atoms with Crippen molar-refractivity contribution < 1.29 is 63.6 Å². The molecule has 310 valence electrons. The van der Waals surface area contributed by atoms with Crippen molar-refractivity contribution in [1.82, 2.24) is 15.5 Å².